The number of rotatable bonds is 2. The van der Waals surface area contributed by atoms with Crippen LogP contribution in [0.5, 0.6) is 5.75 Å². The Hall–Kier alpha value is -2.14. The highest BCUT2D eigenvalue weighted by molar-refractivity contribution is 7.80. The second kappa shape index (κ2) is 6.32. The Morgan fingerprint density at radius 1 is 1.00 bits per heavy atom. The molecule has 0 saturated carbocycles. The van der Waals surface area contributed by atoms with Crippen LogP contribution in [-0.4, -0.2) is 41.2 Å². The van der Waals surface area contributed by atoms with E-state index in [0.717, 1.165) is 36.7 Å². The fourth-order valence-corrected chi connectivity index (χ4v) is 2.99. The molecule has 0 amide bonds. The fourth-order valence-electron chi connectivity index (χ4n) is 2.68. The van der Waals surface area contributed by atoms with E-state index in [1.165, 1.54) is 6.07 Å². The number of phenolic OH excluding ortho intramolecular Hbond substituents is 1. The molecule has 22 heavy (non-hydrogen) atoms. The summed E-state index contributed by atoms with van der Waals surface area (Å²) >= 11 is 5.50. The molecule has 0 aromatic heterocycles. The zero-order valence-electron chi connectivity index (χ0n) is 12.1. The lowest BCUT2D eigenvalue weighted by Gasteiger charge is -2.37. The van der Waals surface area contributed by atoms with Gasteiger partial charge in [-0.15, -0.1) is 0 Å². The third-order valence-electron chi connectivity index (χ3n) is 3.85. The Balaban J connectivity index is 1.67. The molecule has 0 spiro atoms. The molecule has 5 heteroatoms. The number of phenols is 1. The van der Waals surface area contributed by atoms with Gasteiger partial charge in [-0.1, -0.05) is 36.5 Å². The number of piperazine rings is 1. The number of hydrogen-bond donors (Lipinski definition) is 1. The Kier molecular flexibility index (Phi) is 4.24. The van der Waals surface area contributed by atoms with Crippen molar-refractivity contribution in [3.63, 3.8) is 0 Å². The Morgan fingerprint density at radius 2 is 1.73 bits per heavy atom. The first-order valence-electron chi connectivity index (χ1n) is 7.23. The van der Waals surface area contributed by atoms with Gasteiger partial charge in [-0.2, -0.15) is 0 Å². The van der Waals surface area contributed by atoms with Gasteiger partial charge in [-0.25, -0.2) is 4.39 Å². The van der Waals surface area contributed by atoms with Gasteiger partial charge >= 0.3 is 0 Å². The minimum absolute atomic E-state index is 0.188. The molecule has 2 aromatic carbocycles. The highest BCUT2D eigenvalue weighted by Crippen LogP contribution is 2.21. The van der Waals surface area contributed by atoms with Crippen molar-refractivity contribution in [3.05, 3.63) is 59.9 Å². The molecule has 114 valence electrons. The number of nitrogens with zero attached hydrogens (tertiary/aromatic N) is 2. The highest BCUT2D eigenvalue weighted by atomic mass is 32.1. The van der Waals surface area contributed by atoms with Crippen LogP contribution in [0, 0.1) is 5.82 Å². The summed E-state index contributed by atoms with van der Waals surface area (Å²) in [6, 6.07) is 13.8. The minimum Gasteiger partial charge on any atom is -0.508 e. The largest absolute Gasteiger partial charge is 0.508 e. The van der Waals surface area contributed by atoms with Gasteiger partial charge in [-0.05, 0) is 24.3 Å². The molecular formula is C17H17FN2OS. The van der Waals surface area contributed by atoms with Gasteiger partial charge in [0.05, 0.1) is 5.69 Å². The maximum Gasteiger partial charge on any atom is 0.146 e. The minimum atomic E-state index is -0.188. The normalized spacial score (nSPS) is 15.0. The number of hydrogen-bond acceptors (Lipinski definition) is 3. The van der Waals surface area contributed by atoms with Crippen LogP contribution in [0.15, 0.2) is 48.5 Å². The monoisotopic (exact) mass is 316 g/mol. The second-order valence-electron chi connectivity index (χ2n) is 5.28. The molecule has 0 aliphatic carbocycles. The van der Waals surface area contributed by atoms with Crippen molar-refractivity contribution in [1.82, 2.24) is 4.90 Å². The van der Waals surface area contributed by atoms with Gasteiger partial charge in [0, 0.05) is 31.7 Å². The van der Waals surface area contributed by atoms with Crippen molar-refractivity contribution < 1.29 is 9.50 Å². The van der Waals surface area contributed by atoms with E-state index >= 15 is 0 Å². The van der Waals surface area contributed by atoms with E-state index in [1.807, 2.05) is 17.0 Å². The van der Waals surface area contributed by atoms with Gasteiger partial charge < -0.3 is 14.9 Å². The van der Waals surface area contributed by atoms with E-state index in [1.54, 1.807) is 30.3 Å². The van der Waals surface area contributed by atoms with Crippen LogP contribution >= 0.6 is 12.2 Å². The van der Waals surface area contributed by atoms with E-state index in [9.17, 15) is 9.50 Å². The molecule has 1 heterocycles. The van der Waals surface area contributed by atoms with Crippen molar-refractivity contribution in [2.45, 2.75) is 0 Å². The Bertz CT molecular complexity index is 684. The van der Waals surface area contributed by atoms with Crippen LogP contribution in [-0.2, 0) is 0 Å². The molecule has 0 radical (unpaired) electrons. The first kappa shape index (κ1) is 14.8. The van der Waals surface area contributed by atoms with Crippen LogP contribution in [0.1, 0.15) is 5.56 Å². The lowest BCUT2D eigenvalue weighted by molar-refractivity contribution is 0.390. The summed E-state index contributed by atoms with van der Waals surface area (Å²) in [6.45, 7) is 2.92. The van der Waals surface area contributed by atoms with Crippen molar-refractivity contribution in [3.8, 4) is 5.75 Å². The van der Waals surface area contributed by atoms with Crippen molar-refractivity contribution in [2.24, 2.45) is 0 Å². The maximum atomic E-state index is 13.8. The third-order valence-corrected chi connectivity index (χ3v) is 4.35. The van der Waals surface area contributed by atoms with Crippen LogP contribution in [0.4, 0.5) is 10.1 Å². The number of para-hydroxylation sites is 1. The summed E-state index contributed by atoms with van der Waals surface area (Å²) in [5.74, 6) is 0.0244. The predicted octanol–water partition coefficient (Wildman–Crippen LogP) is 3.03. The van der Waals surface area contributed by atoms with E-state index in [2.05, 4.69) is 4.90 Å². The molecule has 1 fully saturated rings. The van der Waals surface area contributed by atoms with Crippen LogP contribution < -0.4 is 4.90 Å². The summed E-state index contributed by atoms with van der Waals surface area (Å²) < 4.78 is 13.8. The van der Waals surface area contributed by atoms with Gasteiger partial charge in [0.1, 0.15) is 16.6 Å². The lowest BCUT2D eigenvalue weighted by Crippen LogP contribution is -2.48. The third kappa shape index (κ3) is 3.04. The van der Waals surface area contributed by atoms with E-state index in [0.29, 0.717) is 5.69 Å². The zero-order chi connectivity index (χ0) is 15.5. The number of aromatic hydroxyl groups is 1. The van der Waals surface area contributed by atoms with Crippen molar-refractivity contribution in [1.29, 1.82) is 0 Å². The molecule has 2 aromatic rings. The van der Waals surface area contributed by atoms with Gasteiger partial charge in [-0.3, -0.25) is 0 Å². The molecule has 3 nitrogen and oxygen atoms in total. The van der Waals surface area contributed by atoms with Crippen LogP contribution in [0.25, 0.3) is 0 Å². The molecule has 1 N–H and O–H groups in total. The molecule has 3 rings (SSSR count). The average Bonchev–Trinajstić information content (AvgIpc) is 2.55. The maximum absolute atomic E-state index is 13.8. The number of halogens is 1. The van der Waals surface area contributed by atoms with Crippen LogP contribution in [0.3, 0.4) is 0 Å². The molecular weight excluding hydrogens is 299 g/mol. The Labute approximate surface area is 134 Å². The SMILES string of the molecule is Oc1cccc(C(=S)N2CCN(c3ccccc3F)CC2)c1. The van der Waals surface area contributed by atoms with E-state index in [-0.39, 0.29) is 11.6 Å². The van der Waals surface area contributed by atoms with E-state index < -0.39 is 0 Å². The van der Waals surface area contributed by atoms with Crippen molar-refractivity contribution in [2.75, 3.05) is 31.1 Å². The molecule has 0 unspecified atom stereocenters. The molecule has 0 bridgehead atoms. The highest BCUT2D eigenvalue weighted by Gasteiger charge is 2.21. The number of benzene rings is 2. The van der Waals surface area contributed by atoms with Crippen molar-refractivity contribution >= 4 is 22.9 Å². The Morgan fingerprint density at radius 3 is 2.41 bits per heavy atom. The molecule has 1 aliphatic heterocycles. The lowest BCUT2D eigenvalue weighted by atomic mass is 10.1. The topological polar surface area (TPSA) is 26.7 Å². The van der Waals surface area contributed by atoms with E-state index in [4.69, 9.17) is 12.2 Å². The molecule has 1 saturated heterocycles. The standard InChI is InChI=1S/C17H17FN2OS/c18-15-6-1-2-7-16(15)19-8-10-20(11-9-19)17(22)13-4-3-5-14(21)12-13/h1-7,12,21H,8-11H2. The summed E-state index contributed by atoms with van der Waals surface area (Å²) in [4.78, 5) is 4.86. The molecule has 0 atom stereocenters. The fraction of sp³-hybridized carbons (Fsp3) is 0.235. The second-order valence-corrected chi connectivity index (χ2v) is 5.67. The number of thiocarbonyl (C=S) groups is 1. The summed E-state index contributed by atoms with van der Waals surface area (Å²) in [5, 5.41) is 9.55. The zero-order valence-corrected chi connectivity index (χ0v) is 12.9. The van der Waals surface area contributed by atoms with Crippen LogP contribution in [0.2, 0.25) is 0 Å². The molecule has 1 aliphatic rings. The first-order chi connectivity index (χ1) is 10.6. The first-order valence-corrected chi connectivity index (χ1v) is 7.64. The predicted molar refractivity (Wildman–Crippen MR) is 90.0 cm³/mol. The van der Waals surface area contributed by atoms with Gasteiger partial charge in [0.15, 0.2) is 0 Å². The summed E-state index contributed by atoms with van der Waals surface area (Å²) in [7, 11) is 0. The summed E-state index contributed by atoms with van der Waals surface area (Å²) in [6.07, 6.45) is 0. The van der Waals surface area contributed by atoms with Gasteiger partial charge in [0.25, 0.3) is 0 Å². The quantitative estimate of drug-likeness (QED) is 0.862. The number of anilines is 1. The summed E-state index contributed by atoms with van der Waals surface area (Å²) in [5.41, 5.74) is 1.49. The smallest absolute Gasteiger partial charge is 0.146 e. The van der Waals surface area contributed by atoms with Gasteiger partial charge in [0.2, 0.25) is 0 Å². The average molecular weight is 316 g/mol.